The van der Waals surface area contributed by atoms with Crippen LogP contribution in [0.2, 0.25) is 0 Å². The molecule has 0 spiro atoms. The number of hydrogen-bond acceptors (Lipinski definition) is 7. The smallest absolute Gasteiger partial charge is 0.383 e. The average Bonchev–Trinajstić information content (AvgIpc) is 3.74. The Kier molecular flexibility index (Phi) is 7.45. The molecule has 1 saturated heterocycles. The van der Waals surface area contributed by atoms with Crippen molar-refractivity contribution in [3.63, 3.8) is 0 Å². The van der Waals surface area contributed by atoms with E-state index in [0.29, 0.717) is 36.2 Å². The van der Waals surface area contributed by atoms with Crippen LogP contribution in [0, 0.1) is 0 Å². The summed E-state index contributed by atoms with van der Waals surface area (Å²) in [4.78, 5) is 25.5. The normalized spacial score (nSPS) is 16.6. The van der Waals surface area contributed by atoms with Crippen molar-refractivity contribution in [3.8, 4) is 11.3 Å². The number of benzene rings is 1. The quantitative estimate of drug-likeness (QED) is 0.275. The van der Waals surface area contributed by atoms with Gasteiger partial charge in [0.15, 0.2) is 0 Å². The predicted octanol–water partition coefficient (Wildman–Crippen LogP) is 5.21. The predicted molar refractivity (Wildman–Crippen MR) is 155 cm³/mol. The van der Waals surface area contributed by atoms with Gasteiger partial charge in [0.25, 0.3) is 0 Å². The van der Waals surface area contributed by atoms with E-state index in [0.717, 1.165) is 49.4 Å². The summed E-state index contributed by atoms with van der Waals surface area (Å²) >= 11 is 0. The molecule has 6 rings (SSSR count). The van der Waals surface area contributed by atoms with Crippen molar-refractivity contribution in [1.29, 1.82) is 0 Å². The summed E-state index contributed by atoms with van der Waals surface area (Å²) in [6.07, 6.45) is 0.780. The zero-order valence-electron chi connectivity index (χ0n) is 23.2. The maximum atomic E-state index is 13.9. The van der Waals surface area contributed by atoms with Gasteiger partial charge in [-0.1, -0.05) is 13.0 Å². The third-order valence-corrected chi connectivity index (χ3v) is 7.80. The van der Waals surface area contributed by atoms with Crippen LogP contribution in [0.4, 0.5) is 35.3 Å². The molecule has 3 aromatic heterocycles. The largest absolute Gasteiger partial charge is 0.416 e. The molecule has 4 aromatic rings. The van der Waals surface area contributed by atoms with Crippen molar-refractivity contribution in [2.45, 2.75) is 38.5 Å². The lowest BCUT2D eigenvalue weighted by Gasteiger charge is -2.34. The highest BCUT2D eigenvalue weighted by Crippen LogP contribution is 2.40. The summed E-state index contributed by atoms with van der Waals surface area (Å²) in [7, 11) is 0. The number of nitrogens with two attached hydrogens (primary N) is 1. The van der Waals surface area contributed by atoms with Gasteiger partial charge in [0.2, 0.25) is 0 Å². The van der Waals surface area contributed by atoms with Gasteiger partial charge in [-0.15, -0.1) is 0 Å². The van der Waals surface area contributed by atoms with E-state index in [9.17, 15) is 18.0 Å². The first kappa shape index (κ1) is 27.9. The van der Waals surface area contributed by atoms with Crippen LogP contribution >= 0.6 is 0 Å². The van der Waals surface area contributed by atoms with Gasteiger partial charge < -0.3 is 16.0 Å². The lowest BCUT2D eigenvalue weighted by molar-refractivity contribution is -0.138. The summed E-state index contributed by atoms with van der Waals surface area (Å²) in [6.45, 7) is 6.29. The van der Waals surface area contributed by atoms with Gasteiger partial charge >= 0.3 is 12.2 Å². The van der Waals surface area contributed by atoms with Crippen LogP contribution in [0.25, 0.3) is 22.2 Å². The standard InChI is InChI=1S/C29H32F3N9O/c1-2-39-11-13-40(14-12-39)17-19-3-5-20(15-22(19)29(30,31)32)36-28(42)37-24-8-4-18(16-35-24)26-25-23(9-10-34-27(25)33)41(38-26)21-6-7-21/h3-5,8-10,15-16,21H,2,6-7,11-14,17H2,1H3,(H2,33,34)(H2,35,36,37,42). The maximum Gasteiger partial charge on any atom is 0.416 e. The van der Waals surface area contributed by atoms with E-state index in [1.165, 1.54) is 12.1 Å². The highest BCUT2D eigenvalue weighted by molar-refractivity contribution is 6.01. The highest BCUT2D eigenvalue weighted by Gasteiger charge is 2.34. The van der Waals surface area contributed by atoms with Crippen LogP contribution in [0.15, 0.2) is 48.8 Å². The minimum absolute atomic E-state index is 0.0380. The number of rotatable bonds is 7. The maximum absolute atomic E-state index is 13.9. The van der Waals surface area contributed by atoms with Crippen LogP contribution in [-0.4, -0.2) is 68.3 Å². The van der Waals surface area contributed by atoms with Gasteiger partial charge in [0.1, 0.15) is 17.3 Å². The monoisotopic (exact) mass is 579 g/mol. The number of likely N-dealkylation sites (N-methyl/N-ethyl adjacent to an activating group) is 1. The number of piperazine rings is 1. The fraction of sp³-hybridized carbons (Fsp3) is 0.379. The molecule has 220 valence electrons. The summed E-state index contributed by atoms with van der Waals surface area (Å²) < 4.78 is 43.8. The first-order chi connectivity index (χ1) is 20.2. The lowest BCUT2D eigenvalue weighted by Crippen LogP contribution is -2.45. The highest BCUT2D eigenvalue weighted by atomic mass is 19.4. The van der Waals surface area contributed by atoms with E-state index in [1.54, 1.807) is 24.5 Å². The molecule has 0 unspecified atom stereocenters. The van der Waals surface area contributed by atoms with Gasteiger partial charge in [0.05, 0.1) is 22.5 Å². The van der Waals surface area contributed by atoms with Crippen molar-refractivity contribution in [3.05, 3.63) is 59.9 Å². The minimum Gasteiger partial charge on any atom is -0.383 e. The topological polar surface area (TPSA) is 117 Å². The number of hydrogen-bond donors (Lipinski definition) is 3. The number of nitrogen functional groups attached to an aromatic ring is 1. The first-order valence-electron chi connectivity index (χ1n) is 14.0. The number of urea groups is 1. The lowest BCUT2D eigenvalue weighted by atomic mass is 10.0. The summed E-state index contributed by atoms with van der Waals surface area (Å²) in [6, 6.07) is 8.78. The van der Waals surface area contributed by atoms with E-state index >= 15 is 0 Å². The molecule has 2 fully saturated rings. The first-order valence-corrected chi connectivity index (χ1v) is 14.0. The molecule has 0 bridgehead atoms. The molecule has 0 atom stereocenters. The molecule has 0 radical (unpaired) electrons. The van der Waals surface area contributed by atoms with Crippen molar-refractivity contribution in [1.82, 2.24) is 29.5 Å². The van der Waals surface area contributed by atoms with Gasteiger partial charge in [0, 0.05) is 56.4 Å². The number of carbonyl (C=O) groups is 1. The SMILES string of the molecule is CCN1CCN(Cc2ccc(NC(=O)Nc3ccc(-c4nn(C5CC5)c5ccnc(N)c45)cn3)cc2C(F)(F)F)CC1. The van der Waals surface area contributed by atoms with Crippen LogP contribution in [0.3, 0.4) is 0 Å². The zero-order valence-corrected chi connectivity index (χ0v) is 23.2. The number of amides is 2. The van der Waals surface area contributed by atoms with E-state index in [4.69, 9.17) is 10.8 Å². The molecule has 10 nitrogen and oxygen atoms in total. The van der Waals surface area contributed by atoms with Crippen molar-refractivity contribution >= 4 is 34.3 Å². The third-order valence-electron chi connectivity index (χ3n) is 7.80. The van der Waals surface area contributed by atoms with Crippen molar-refractivity contribution in [2.75, 3.05) is 49.1 Å². The number of aromatic nitrogens is 4. The molecule has 13 heteroatoms. The zero-order chi connectivity index (χ0) is 29.4. The van der Waals surface area contributed by atoms with Gasteiger partial charge in [-0.3, -0.25) is 14.9 Å². The molecule has 2 amide bonds. The Balaban J connectivity index is 1.14. The number of carbonyl (C=O) groups excluding carboxylic acids is 1. The Labute approximate surface area is 240 Å². The van der Waals surface area contributed by atoms with E-state index in [1.807, 2.05) is 15.6 Å². The fourth-order valence-corrected chi connectivity index (χ4v) is 5.36. The number of halogens is 3. The van der Waals surface area contributed by atoms with Crippen molar-refractivity contribution in [2.24, 2.45) is 0 Å². The molecule has 42 heavy (non-hydrogen) atoms. The number of anilines is 3. The number of nitrogens with zero attached hydrogens (tertiary/aromatic N) is 6. The van der Waals surface area contributed by atoms with Crippen molar-refractivity contribution < 1.29 is 18.0 Å². The van der Waals surface area contributed by atoms with E-state index in [2.05, 4.69) is 32.4 Å². The van der Waals surface area contributed by atoms with Crippen LogP contribution < -0.4 is 16.4 Å². The summed E-state index contributed by atoms with van der Waals surface area (Å²) in [5.74, 6) is 0.603. The Morgan fingerprint density at radius 1 is 1.02 bits per heavy atom. The Morgan fingerprint density at radius 3 is 2.45 bits per heavy atom. The third kappa shape index (κ3) is 5.88. The van der Waals surface area contributed by atoms with Gasteiger partial charge in [-0.2, -0.15) is 18.3 Å². The molecule has 4 heterocycles. The molecule has 1 saturated carbocycles. The Bertz CT molecular complexity index is 1590. The average molecular weight is 580 g/mol. The molecular weight excluding hydrogens is 547 g/mol. The number of pyridine rings is 2. The summed E-state index contributed by atoms with van der Waals surface area (Å²) in [5.41, 5.74) is 7.90. The van der Waals surface area contributed by atoms with Crippen LogP contribution in [0.5, 0.6) is 0 Å². The Hall–Kier alpha value is -4.23. The molecule has 1 aromatic carbocycles. The molecule has 1 aliphatic carbocycles. The molecule has 2 aliphatic rings. The minimum atomic E-state index is -4.55. The van der Waals surface area contributed by atoms with E-state index in [-0.39, 0.29) is 23.6 Å². The number of nitrogens with one attached hydrogen (secondary N) is 2. The summed E-state index contributed by atoms with van der Waals surface area (Å²) in [5, 5.41) is 10.6. The molecular formula is C29H32F3N9O. The van der Waals surface area contributed by atoms with Gasteiger partial charge in [-0.05, 0) is 55.3 Å². The number of fused-ring (bicyclic) bond motifs is 1. The second-order valence-electron chi connectivity index (χ2n) is 10.7. The molecule has 1 aliphatic heterocycles. The Morgan fingerprint density at radius 2 is 1.79 bits per heavy atom. The van der Waals surface area contributed by atoms with Crippen LogP contribution in [0.1, 0.15) is 36.9 Å². The second-order valence-corrected chi connectivity index (χ2v) is 10.7. The van der Waals surface area contributed by atoms with E-state index < -0.39 is 17.8 Å². The van der Waals surface area contributed by atoms with Crippen LogP contribution in [-0.2, 0) is 12.7 Å². The second kappa shape index (κ2) is 11.2. The fourth-order valence-electron chi connectivity index (χ4n) is 5.36. The molecule has 4 N–H and O–H groups in total. The van der Waals surface area contributed by atoms with Gasteiger partial charge in [-0.25, -0.2) is 14.8 Å². The number of alkyl halides is 3.